The van der Waals surface area contributed by atoms with Gasteiger partial charge in [-0.2, -0.15) is 0 Å². The van der Waals surface area contributed by atoms with Crippen molar-refractivity contribution in [2.45, 2.75) is 102 Å². The molecule has 6 atom stereocenters. The number of aliphatic carboxylic acids is 1. The van der Waals surface area contributed by atoms with Gasteiger partial charge in [-0.3, -0.25) is 33.8 Å². The number of carboxylic acid groups (broad SMARTS) is 1. The van der Waals surface area contributed by atoms with Crippen molar-refractivity contribution in [3.63, 3.8) is 0 Å². The first-order chi connectivity index (χ1) is 24.4. The summed E-state index contributed by atoms with van der Waals surface area (Å²) in [5, 5.41) is 20.0. The Balaban J connectivity index is 1.43. The number of ketones is 1. The number of nitrogens with zero attached hydrogens (tertiary/aromatic N) is 3. The Morgan fingerprint density at radius 1 is 0.941 bits per heavy atom. The van der Waals surface area contributed by atoms with Crippen molar-refractivity contribution in [1.29, 1.82) is 0 Å². The first-order valence-corrected chi connectivity index (χ1v) is 17.5. The molecular formula is C36H47N7O8. The Kier molecular flexibility index (Phi) is 13.7. The molecule has 0 radical (unpaired) electrons. The van der Waals surface area contributed by atoms with Gasteiger partial charge >= 0.3 is 5.97 Å². The van der Waals surface area contributed by atoms with Gasteiger partial charge in [0, 0.05) is 24.9 Å². The van der Waals surface area contributed by atoms with Crippen LogP contribution in [0.5, 0.6) is 0 Å². The summed E-state index contributed by atoms with van der Waals surface area (Å²) in [6.45, 7) is 4.85. The number of carbonyl (C=O) groups excluding carboxylic acids is 6. The summed E-state index contributed by atoms with van der Waals surface area (Å²) in [5.41, 5.74) is 0.693. The van der Waals surface area contributed by atoms with Crippen LogP contribution in [-0.4, -0.2) is 98.0 Å². The SMILES string of the molecule is CCCC(NC(=O)[C@@H]1CC2CCCCC2N1C(=O)CNC(=O)C(NC(=O)c1cnccn1)C(C)C)C(=O)C(=O)N[C@@H](Cc1ccccc1)C(=O)O. The molecule has 2 aromatic rings. The molecule has 15 heteroatoms. The topological polar surface area (TPSA) is 217 Å². The zero-order valence-electron chi connectivity index (χ0n) is 29.2. The van der Waals surface area contributed by atoms with Gasteiger partial charge in [0.2, 0.25) is 23.5 Å². The summed E-state index contributed by atoms with van der Waals surface area (Å²) in [4.78, 5) is 101. The number of fused-ring (bicyclic) bond motifs is 1. The number of hydrogen-bond donors (Lipinski definition) is 5. The fourth-order valence-corrected chi connectivity index (χ4v) is 6.85. The van der Waals surface area contributed by atoms with Crippen molar-refractivity contribution >= 4 is 41.3 Å². The number of nitrogens with one attached hydrogen (secondary N) is 4. The highest BCUT2D eigenvalue weighted by molar-refractivity contribution is 6.38. The van der Waals surface area contributed by atoms with Gasteiger partial charge in [0.05, 0.1) is 18.8 Å². The van der Waals surface area contributed by atoms with E-state index in [1.54, 1.807) is 51.1 Å². The molecule has 1 aromatic heterocycles. The summed E-state index contributed by atoms with van der Waals surface area (Å²) in [6, 6.07) is 3.91. The third-order valence-corrected chi connectivity index (χ3v) is 9.44. The Hall–Kier alpha value is -5.21. The van der Waals surface area contributed by atoms with Crippen molar-refractivity contribution in [3.05, 3.63) is 60.2 Å². The van der Waals surface area contributed by atoms with E-state index in [1.165, 1.54) is 23.5 Å². The monoisotopic (exact) mass is 705 g/mol. The smallest absolute Gasteiger partial charge is 0.326 e. The third-order valence-electron chi connectivity index (χ3n) is 9.44. The van der Waals surface area contributed by atoms with Gasteiger partial charge in [-0.1, -0.05) is 70.4 Å². The number of hydrogen-bond acceptors (Lipinski definition) is 9. The van der Waals surface area contributed by atoms with Crippen LogP contribution < -0.4 is 21.3 Å². The predicted molar refractivity (Wildman–Crippen MR) is 184 cm³/mol. The maximum absolute atomic E-state index is 13.9. The molecule has 4 rings (SSSR count). The summed E-state index contributed by atoms with van der Waals surface area (Å²) in [7, 11) is 0. The van der Waals surface area contributed by atoms with Crippen molar-refractivity contribution in [1.82, 2.24) is 36.1 Å². The van der Waals surface area contributed by atoms with E-state index >= 15 is 0 Å². The Bertz CT molecular complexity index is 1570. The second-order valence-electron chi connectivity index (χ2n) is 13.4. The van der Waals surface area contributed by atoms with E-state index in [0.29, 0.717) is 24.8 Å². The second-order valence-corrected chi connectivity index (χ2v) is 13.4. The lowest BCUT2D eigenvalue weighted by atomic mass is 9.84. The number of rotatable bonds is 16. The van der Waals surface area contributed by atoms with Gasteiger partial charge in [0.25, 0.3) is 11.8 Å². The number of carbonyl (C=O) groups is 7. The zero-order chi connectivity index (χ0) is 37.1. The van der Waals surface area contributed by atoms with E-state index in [4.69, 9.17) is 0 Å². The quantitative estimate of drug-likeness (QED) is 0.157. The number of likely N-dealkylation sites (tertiary alicyclic amines) is 1. The second kappa shape index (κ2) is 18.2. The maximum atomic E-state index is 13.9. The molecule has 0 spiro atoms. The number of benzene rings is 1. The van der Waals surface area contributed by atoms with E-state index in [0.717, 1.165) is 19.3 Å². The minimum atomic E-state index is -1.36. The molecule has 274 valence electrons. The van der Waals surface area contributed by atoms with Crippen LogP contribution in [0, 0.1) is 11.8 Å². The molecule has 2 aliphatic rings. The molecule has 1 aromatic carbocycles. The molecule has 1 aliphatic heterocycles. The zero-order valence-corrected chi connectivity index (χ0v) is 29.2. The molecule has 0 bridgehead atoms. The molecule has 51 heavy (non-hydrogen) atoms. The van der Waals surface area contributed by atoms with Crippen LogP contribution in [0.25, 0.3) is 0 Å². The highest BCUT2D eigenvalue weighted by Gasteiger charge is 2.48. The fraction of sp³-hybridized carbons (Fsp3) is 0.528. The minimum absolute atomic E-state index is 0.0347. The van der Waals surface area contributed by atoms with Crippen LogP contribution in [0.15, 0.2) is 48.9 Å². The van der Waals surface area contributed by atoms with Gasteiger partial charge in [-0.15, -0.1) is 0 Å². The molecule has 5 amide bonds. The van der Waals surface area contributed by atoms with Crippen molar-refractivity contribution in [2.24, 2.45) is 11.8 Å². The molecule has 15 nitrogen and oxygen atoms in total. The van der Waals surface area contributed by atoms with Crippen molar-refractivity contribution < 1.29 is 38.7 Å². The van der Waals surface area contributed by atoms with Crippen molar-refractivity contribution in [3.8, 4) is 0 Å². The molecule has 2 heterocycles. The van der Waals surface area contributed by atoms with Crippen LogP contribution in [0.1, 0.15) is 81.8 Å². The number of carboxylic acids is 1. The standard InChI is InChI=1S/C36H47N7O8/c1-4-10-24(31(45)35(49)41-25(36(50)51)17-22-11-6-5-7-12-22)40-33(47)28-18-23-13-8-9-14-27(23)43(28)29(44)20-39-34(48)30(21(2)3)42-32(46)26-19-37-15-16-38-26/h5-7,11-12,15-16,19,21,23-25,27-28,30H,4,8-10,13-14,17-18,20H2,1-3H3,(H,39,48)(H,40,47)(H,41,49)(H,42,46)(H,50,51)/t23?,24?,25-,27?,28-,30?/m0/s1. The molecule has 5 N–H and O–H groups in total. The molecule has 1 aliphatic carbocycles. The average molecular weight is 706 g/mol. The van der Waals surface area contributed by atoms with Crippen molar-refractivity contribution in [2.75, 3.05) is 6.54 Å². The van der Waals surface area contributed by atoms with Crippen LogP contribution in [0.3, 0.4) is 0 Å². The average Bonchev–Trinajstić information content (AvgIpc) is 3.52. The molecule has 1 saturated carbocycles. The van der Waals surface area contributed by atoms with Gasteiger partial charge in [-0.05, 0) is 43.1 Å². The van der Waals surface area contributed by atoms with Crippen LogP contribution in [0.2, 0.25) is 0 Å². The van der Waals surface area contributed by atoms with Gasteiger partial charge in [-0.25, -0.2) is 9.78 Å². The molecule has 2 fully saturated rings. The lowest BCUT2D eigenvalue weighted by Crippen LogP contribution is -2.57. The largest absolute Gasteiger partial charge is 0.480 e. The van der Waals surface area contributed by atoms with Gasteiger partial charge in [0.15, 0.2) is 0 Å². The normalized spacial score (nSPS) is 19.9. The van der Waals surface area contributed by atoms with E-state index < -0.39 is 72.0 Å². The van der Waals surface area contributed by atoms with E-state index in [2.05, 4.69) is 31.2 Å². The first-order valence-electron chi connectivity index (χ1n) is 17.5. The van der Waals surface area contributed by atoms with Crippen LogP contribution in [0.4, 0.5) is 0 Å². The fourth-order valence-electron chi connectivity index (χ4n) is 6.85. The molecule has 4 unspecified atom stereocenters. The maximum Gasteiger partial charge on any atom is 0.326 e. The Morgan fingerprint density at radius 2 is 1.67 bits per heavy atom. The number of Topliss-reactive ketones (excluding diaryl/α,β-unsaturated/α-hetero) is 1. The van der Waals surface area contributed by atoms with E-state index in [9.17, 15) is 38.7 Å². The van der Waals surface area contributed by atoms with Gasteiger partial charge < -0.3 is 31.3 Å². The predicted octanol–water partition coefficient (Wildman–Crippen LogP) is 1.17. The lowest BCUT2D eigenvalue weighted by molar-refractivity contribution is -0.146. The summed E-state index contributed by atoms with van der Waals surface area (Å²) in [6.07, 6.45) is 8.22. The van der Waals surface area contributed by atoms with Gasteiger partial charge in [0.1, 0.15) is 23.8 Å². The van der Waals surface area contributed by atoms with E-state index in [-0.39, 0.29) is 36.4 Å². The number of amides is 5. The highest BCUT2D eigenvalue weighted by Crippen LogP contribution is 2.40. The summed E-state index contributed by atoms with van der Waals surface area (Å²) in [5.74, 6) is -5.96. The van der Waals surface area contributed by atoms with Crippen LogP contribution in [-0.2, 0) is 35.2 Å². The third kappa shape index (κ3) is 10.2. The Morgan fingerprint density at radius 3 is 2.31 bits per heavy atom. The highest BCUT2D eigenvalue weighted by atomic mass is 16.4. The minimum Gasteiger partial charge on any atom is -0.480 e. The Labute approximate surface area is 296 Å². The first kappa shape index (κ1) is 38.6. The molecular weight excluding hydrogens is 658 g/mol. The molecule has 1 saturated heterocycles. The number of aromatic nitrogens is 2. The lowest BCUT2D eigenvalue weighted by Gasteiger charge is -2.34. The summed E-state index contributed by atoms with van der Waals surface area (Å²) >= 11 is 0. The summed E-state index contributed by atoms with van der Waals surface area (Å²) < 4.78 is 0. The van der Waals surface area contributed by atoms with E-state index in [1.807, 2.05) is 0 Å². The van der Waals surface area contributed by atoms with Crippen LogP contribution >= 0.6 is 0 Å².